The van der Waals surface area contributed by atoms with Gasteiger partial charge >= 0.3 is 0 Å². The summed E-state index contributed by atoms with van der Waals surface area (Å²) < 4.78 is 39.8. The van der Waals surface area contributed by atoms with Crippen molar-refractivity contribution in [1.29, 1.82) is 0 Å². The number of hydrogen-bond donors (Lipinski definition) is 0. The highest BCUT2D eigenvalue weighted by Gasteiger charge is 2.23. The topological polar surface area (TPSA) is 74.9 Å². The Kier molecular flexibility index (Phi) is 11.2. The van der Waals surface area contributed by atoms with E-state index >= 15 is 0 Å². The molecule has 408 valence electrons. The molecule has 0 amide bonds. The van der Waals surface area contributed by atoms with E-state index in [0.717, 1.165) is 189 Å². The number of benzene rings is 11. The van der Waals surface area contributed by atoms with Crippen LogP contribution in [0.1, 0.15) is 42.7 Å². The van der Waals surface area contributed by atoms with E-state index in [1.807, 2.05) is 48.6 Å². The highest BCUT2D eigenvalue weighted by molar-refractivity contribution is 6.28. The molecule has 17 rings (SSSR count). The molecule has 11 aromatic carbocycles. The molecule has 6 heteroatoms. The largest absolute Gasteiger partial charge is 0.458 e. The standard InChI is InChI=1S/C80H52O6/c1-4-6-13-47(5-2)51-20-28-69-62(41-51)77-73(83-69)32-34-75-79(77)64-43-54(23-30-71(64)85-75)57-37-56(50-19-26-66-59(36-50)45-61-60-40-52(48-14-9-7-10-15-48)21-27-68(60)82-67(61)25-18-46(3)81-66)38-58(39-57)55-24-31-72-65(44-55)80-76(86-72)35-33-74-78(80)63-42-53(22-29-70(63)84-74)49-16-11-8-12-17-49/h5-44H,3-4,45H2,1-2H3/b13-6-,25-18-,47-5+. The highest BCUT2D eigenvalue weighted by atomic mass is 16.5. The molecule has 6 heterocycles. The average Bonchev–Trinajstić information content (AvgIpc) is 1.80. The van der Waals surface area contributed by atoms with E-state index in [0.29, 0.717) is 12.2 Å². The van der Waals surface area contributed by atoms with Crippen LogP contribution in [0.15, 0.2) is 271 Å². The second-order valence-electron chi connectivity index (χ2n) is 22.5. The molecule has 0 saturated carbocycles. The highest BCUT2D eigenvalue weighted by Crippen LogP contribution is 2.46. The van der Waals surface area contributed by atoms with Gasteiger partial charge in [0.15, 0.2) is 0 Å². The molecule has 0 bridgehead atoms. The van der Waals surface area contributed by atoms with Crippen LogP contribution in [-0.4, -0.2) is 0 Å². The maximum absolute atomic E-state index is 6.71. The Morgan fingerprint density at radius 3 is 1.30 bits per heavy atom. The van der Waals surface area contributed by atoms with Gasteiger partial charge in [-0.25, -0.2) is 0 Å². The van der Waals surface area contributed by atoms with Crippen LogP contribution in [0.25, 0.3) is 166 Å². The number of hydrogen-bond acceptors (Lipinski definition) is 6. The third-order valence-corrected chi connectivity index (χ3v) is 17.4. The predicted molar refractivity (Wildman–Crippen MR) is 354 cm³/mol. The van der Waals surface area contributed by atoms with Crippen molar-refractivity contribution >= 4 is 110 Å². The van der Waals surface area contributed by atoms with Crippen molar-refractivity contribution in [2.24, 2.45) is 0 Å². The normalized spacial score (nSPS) is 13.5. The van der Waals surface area contributed by atoms with Gasteiger partial charge in [-0.2, -0.15) is 0 Å². The molecule has 0 spiro atoms. The van der Waals surface area contributed by atoms with Crippen LogP contribution in [-0.2, 0) is 6.42 Å². The molecule has 0 saturated heterocycles. The quantitative estimate of drug-likeness (QED) is 0.141. The first-order chi connectivity index (χ1) is 42.4. The van der Waals surface area contributed by atoms with Crippen LogP contribution >= 0.6 is 0 Å². The zero-order valence-electron chi connectivity index (χ0n) is 47.2. The monoisotopic (exact) mass is 1110 g/mol. The van der Waals surface area contributed by atoms with Crippen LogP contribution < -0.4 is 4.74 Å². The van der Waals surface area contributed by atoms with Crippen LogP contribution in [0.5, 0.6) is 5.75 Å². The third kappa shape index (κ3) is 8.09. The molecule has 1 aliphatic rings. The maximum atomic E-state index is 6.71. The smallest absolute Gasteiger partial charge is 0.136 e. The van der Waals surface area contributed by atoms with Crippen LogP contribution in [0, 0.1) is 0 Å². The Hall–Kier alpha value is -11.1. The fraction of sp³-hybridized carbons (Fsp3) is 0.0500. The SMILES string of the molecule is C=C1/C=C\c2oc3ccc(-c4ccccc4)cc3c2Cc2cc(-c3cc(-c4ccc5oc6ccc7oc8ccc(C(/C=C\CC)=C/C)cc8c7c6c5c4)cc(-c4ccc5oc6ccc7oc8ccc(-c9ccccc9)cc8c7c6c5c4)c3)ccc2O1. The van der Waals surface area contributed by atoms with Gasteiger partial charge in [0.25, 0.3) is 0 Å². The Labute approximate surface area is 494 Å². The molecular formula is C80H52O6. The Morgan fingerprint density at radius 1 is 0.395 bits per heavy atom. The molecule has 0 unspecified atom stereocenters. The predicted octanol–water partition coefficient (Wildman–Crippen LogP) is 23.2. The number of fused-ring (bicyclic) bond motifs is 18. The zero-order chi connectivity index (χ0) is 57.1. The minimum atomic E-state index is 0.524. The minimum Gasteiger partial charge on any atom is -0.458 e. The lowest BCUT2D eigenvalue weighted by Crippen LogP contribution is -1.97. The summed E-state index contributed by atoms with van der Waals surface area (Å²) in [7, 11) is 0. The fourth-order valence-corrected chi connectivity index (χ4v) is 13.2. The molecular weight excluding hydrogens is 1060 g/mol. The summed E-state index contributed by atoms with van der Waals surface area (Å²) in [5.41, 5.74) is 22.6. The summed E-state index contributed by atoms with van der Waals surface area (Å²) >= 11 is 0. The summed E-state index contributed by atoms with van der Waals surface area (Å²) in [6.45, 7) is 8.55. The van der Waals surface area contributed by atoms with Gasteiger partial charge in [-0.1, -0.05) is 129 Å². The van der Waals surface area contributed by atoms with Gasteiger partial charge in [0.05, 0.1) is 0 Å². The van der Waals surface area contributed by atoms with Gasteiger partial charge in [-0.15, -0.1) is 0 Å². The molecule has 0 fully saturated rings. The molecule has 1 aliphatic heterocycles. The van der Waals surface area contributed by atoms with Crippen molar-refractivity contribution < 1.29 is 26.8 Å². The number of rotatable bonds is 8. The third-order valence-electron chi connectivity index (χ3n) is 17.4. The summed E-state index contributed by atoms with van der Waals surface area (Å²) in [5.74, 6) is 2.05. The van der Waals surface area contributed by atoms with E-state index in [1.54, 1.807) is 0 Å². The lowest BCUT2D eigenvalue weighted by molar-refractivity contribution is 0.443. The molecule has 0 atom stereocenters. The van der Waals surface area contributed by atoms with Gasteiger partial charge < -0.3 is 26.8 Å². The molecule has 6 nitrogen and oxygen atoms in total. The molecule has 0 radical (unpaired) electrons. The Bertz CT molecular complexity index is 5590. The summed E-state index contributed by atoms with van der Waals surface area (Å²) in [4.78, 5) is 0. The first-order valence-corrected chi connectivity index (χ1v) is 29.3. The average molecular weight is 1110 g/mol. The van der Waals surface area contributed by atoms with Crippen LogP contribution in [0.2, 0.25) is 0 Å². The van der Waals surface area contributed by atoms with Crippen molar-refractivity contribution in [2.75, 3.05) is 0 Å². The first-order valence-electron chi connectivity index (χ1n) is 29.3. The Balaban J connectivity index is 0.861. The van der Waals surface area contributed by atoms with Gasteiger partial charge in [-0.05, 0) is 213 Å². The van der Waals surface area contributed by atoms with Crippen molar-refractivity contribution in [1.82, 2.24) is 0 Å². The summed E-state index contributed by atoms with van der Waals surface area (Å²) in [6.07, 6.45) is 12.0. The lowest BCUT2D eigenvalue weighted by Gasteiger charge is -2.15. The molecule has 0 N–H and O–H groups in total. The van der Waals surface area contributed by atoms with Crippen LogP contribution in [0.3, 0.4) is 0 Å². The second kappa shape index (κ2) is 19.5. The summed E-state index contributed by atoms with van der Waals surface area (Å²) in [5, 5.41) is 9.31. The van der Waals surface area contributed by atoms with Crippen molar-refractivity contribution in [3.05, 3.63) is 271 Å². The van der Waals surface area contributed by atoms with E-state index in [9.17, 15) is 0 Å². The van der Waals surface area contributed by atoms with Crippen molar-refractivity contribution in [2.45, 2.75) is 26.7 Å². The first kappa shape index (κ1) is 49.5. The molecule has 86 heavy (non-hydrogen) atoms. The number of ether oxygens (including phenoxy) is 1. The van der Waals surface area contributed by atoms with Crippen LogP contribution in [0.4, 0.5) is 0 Å². The van der Waals surface area contributed by atoms with Crippen molar-refractivity contribution in [3.8, 4) is 61.4 Å². The number of furan rings is 5. The Morgan fingerprint density at radius 2 is 0.814 bits per heavy atom. The summed E-state index contributed by atoms with van der Waals surface area (Å²) in [6, 6.07) is 75.1. The lowest BCUT2D eigenvalue weighted by atomic mass is 9.90. The van der Waals surface area contributed by atoms with E-state index in [-0.39, 0.29) is 0 Å². The van der Waals surface area contributed by atoms with Gasteiger partial charge in [-0.3, -0.25) is 0 Å². The van der Waals surface area contributed by atoms with E-state index < -0.39 is 0 Å². The molecule has 5 aromatic heterocycles. The van der Waals surface area contributed by atoms with E-state index in [4.69, 9.17) is 26.8 Å². The minimum absolute atomic E-state index is 0.524. The van der Waals surface area contributed by atoms with Crippen molar-refractivity contribution in [3.63, 3.8) is 0 Å². The fourth-order valence-electron chi connectivity index (χ4n) is 13.2. The van der Waals surface area contributed by atoms with E-state index in [1.165, 1.54) is 5.57 Å². The molecule has 0 aliphatic carbocycles. The second-order valence-corrected chi connectivity index (χ2v) is 22.5. The van der Waals surface area contributed by atoms with Gasteiger partial charge in [0.1, 0.15) is 67.5 Å². The maximum Gasteiger partial charge on any atom is 0.136 e. The number of allylic oxidation sites excluding steroid dienone is 5. The molecule has 16 aromatic rings. The zero-order valence-corrected chi connectivity index (χ0v) is 47.2. The van der Waals surface area contributed by atoms with Gasteiger partial charge in [0, 0.05) is 60.5 Å². The van der Waals surface area contributed by atoms with Gasteiger partial charge in [0.2, 0.25) is 0 Å². The van der Waals surface area contributed by atoms with E-state index in [2.05, 4.69) is 215 Å².